The van der Waals surface area contributed by atoms with Gasteiger partial charge in [-0.25, -0.2) is 4.99 Å². The Hall–Kier alpha value is -2.49. The lowest BCUT2D eigenvalue weighted by Crippen LogP contribution is -2.47. The number of amides is 1. The van der Waals surface area contributed by atoms with Crippen molar-refractivity contribution in [1.82, 2.24) is 15.5 Å². The molecule has 7 nitrogen and oxygen atoms in total. The van der Waals surface area contributed by atoms with Crippen molar-refractivity contribution in [2.45, 2.75) is 32.4 Å². The van der Waals surface area contributed by atoms with Crippen molar-refractivity contribution in [2.24, 2.45) is 4.99 Å². The zero-order chi connectivity index (χ0) is 21.9. The van der Waals surface area contributed by atoms with Crippen molar-refractivity contribution in [1.29, 1.82) is 0 Å². The van der Waals surface area contributed by atoms with Gasteiger partial charge < -0.3 is 25.0 Å². The van der Waals surface area contributed by atoms with E-state index < -0.39 is 0 Å². The maximum absolute atomic E-state index is 12.3. The predicted octanol–water partition coefficient (Wildman–Crippen LogP) is 3.44. The van der Waals surface area contributed by atoms with Crippen LogP contribution in [0.2, 0.25) is 0 Å². The van der Waals surface area contributed by atoms with Gasteiger partial charge in [-0.15, -0.1) is 24.0 Å². The maximum atomic E-state index is 12.3. The fourth-order valence-corrected chi connectivity index (χ4v) is 3.45. The van der Waals surface area contributed by atoms with Gasteiger partial charge in [-0.2, -0.15) is 0 Å². The van der Waals surface area contributed by atoms with Crippen LogP contribution in [0, 0.1) is 0 Å². The Bertz CT molecular complexity index is 838. The van der Waals surface area contributed by atoms with Gasteiger partial charge in [-0.1, -0.05) is 30.3 Å². The molecule has 1 heterocycles. The summed E-state index contributed by atoms with van der Waals surface area (Å²) < 4.78 is 11.2. The average molecular weight is 552 g/mol. The molecule has 2 aromatic carbocycles. The Balaban J connectivity index is 0.00000363. The number of methoxy groups -OCH3 is 1. The molecule has 0 aromatic heterocycles. The smallest absolute Gasteiger partial charge is 0.242 e. The molecular weight excluding hydrogens is 519 g/mol. The second-order valence-electron chi connectivity index (χ2n) is 7.41. The molecule has 1 amide bonds. The van der Waals surface area contributed by atoms with Crippen molar-refractivity contribution in [3.05, 3.63) is 60.2 Å². The van der Waals surface area contributed by atoms with Gasteiger partial charge in [0.05, 0.1) is 7.11 Å². The Morgan fingerprint density at radius 2 is 1.72 bits per heavy atom. The normalized spacial score (nSPS) is 14.3. The molecule has 0 aliphatic carbocycles. The molecule has 0 bridgehead atoms. The van der Waals surface area contributed by atoms with E-state index in [0.717, 1.165) is 55.5 Å². The molecule has 174 valence electrons. The van der Waals surface area contributed by atoms with Gasteiger partial charge in [0.15, 0.2) is 5.96 Å². The van der Waals surface area contributed by atoms with E-state index in [1.165, 1.54) is 0 Å². The number of nitrogens with one attached hydrogen (secondary N) is 2. The van der Waals surface area contributed by atoms with Gasteiger partial charge in [-0.05, 0) is 36.8 Å². The minimum absolute atomic E-state index is 0. The van der Waals surface area contributed by atoms with Crippen LogP contribution in [-0.2, 0) is 11.3 Å². The van der Waals surface area contributed by atoms with E-state index in [1.807, 2.05) is 61.5 Å². The molecule has 1 fully saturated rings. The molecule has 0 atom stereocenters. The van der Waals surface area contributed by atoms with E-state index in [2.05, 4.69) is 20.5 Å². The lowest BCUT2D eigenvalue weighted by atomic mass is 10.1. The van der Waals surface area contributed by atoms with Crippen LogP contribution in [0.25, 0.3) is 0 Å². The van der Waals surface area contributed by atoms with Crippen LogP contribution in [-0.4, -0.2) is 56.2 Å². The summed E-state index contributed by atoms with van der Waals surface area (Å²) in [6, 6.07) is 17.6. The summed E-state index contributed by atoms with van der Waals surface area (Å²) in [4.78, 5) is 19.0. The van der Waals surface area contributed by atoms with Gasteiger partial charge in [0.25, 0.3) is 0 Å². The number of carbonyl (C=O) groups is 1. The van der Waals surface area contributed by atoms with Crippen LogP contribution in [0.4, 0.5) is 0 Å². The van der Waals surface area contributed by atoms with E-state index in [-0.39, 0.29) is 42.5 Å². The number of aliphatic imine (C=N–C) groups is 1. The average Bonchev–Trinajstić information content (AvgIpc) is 2.82. The van der Waals surface area contributed by atoms with Gasteiger partial charge >= 0.3 is 0 Å². The summed E-state index contributed by atoms with van der Waals surface area (Å²) in [5.41, 5.74) is 1.02. The van der Waals surface area contributed by atoms with E-state index >= 15 is 0 Å². The molecule has 2 N–H and O–H groups in total. The van der Waals surface area contributed by atoms with E-state index in [1.54, 1.807) is 7.11 Å². The fraction of sp³-hybridized carbons (Fsp3) is 0.417. The molecule has 1 aliphatic rings. The summed E-state index contributed by atoms with van der Waals surface area (Å²) in [6.45, 7) is 5.04. The fourth-order valence-electron chi connectivity index (χ4n) is 3.45. The van der Waals surface area contributed by atoms with Crippen molar-refractivity contribution in [2.75, 3.05) is 33.3 Å². The SMILES string of the molecule is CCNC(=NCC(=O)NCc1ccc(OC)cc1)N1CCC(Oc2ccccc2)CC1.I. The molecule has 8 heteroatoms. The molecule has 3 rings (SSSR count). The second kappa shape index (κ2) is 13.8. The predicted molar refractivity (Wildman–Crippen MR) is 138 cm³/mol. The minimum atomic E-state index is -0.103. The molecule has 0 spiro atoms. The van der Waals surface area contributed by atoms with Crippen LogP contribution in [0.3, 0.4) is 0 Å². The summed E-state index contributed by atoms with van der Waals surface area (Å²) in [5, 5.41) is 6.22. The Morgan fingerprint density at radius 3 is 2.34 bits per heavy atom. The third-order valence-electron chi connectivity index (χ3n) is 5.14. The lowest BCUT2D eigenvalue weighted by Gasteiger charge is -2.34. The van der Waals surface area contributed by atoms with E-state index in [0.29, 0.717) is 6.54 Å². The molecule has 2 aromatic rings. The molecular formula is C24H33IN4O3. The van der Waals surface area contributed by atoms with Gasteiger partial charge in [0.2, 0.25) is 5.91 Å². The number of hydrogen-bond acceptors (Lipinski definition) is 4. The van der Waals surface area contributed by atoms with Crippen LogP contribution in [0.1, 0.15) is 25.3 Å². The first-order chi connectivity index (χ1) is 15.2. The number of nitrogens with zero attached hydrogens (tertiary/aromatic N) is 2. The number of likely N-dealkylation sites (tertiary alicyclic amines) is 1. The summed E-state index contributed by atoms with van der Waals surface area (Å²) in [5.74, 6) is 2.39. The molecule has 0 radical (unpaired) electrons. The first kappa shape index (κ1) is 25.8. The molecule has 0 saturated carbocycles. The molecule has 1 aliphatic heterocycles. The van der Waals surface area contributed by atoms with Crippen molar-refractivity contribution >= 4 is 35.8 Å². The number of carbonyl (C=O) groups excluding carboxylic acids is 1. The van der Waals surface area contributed by atoms with Crippen LogP contribution in [0.15, 0.2) is 59.6 Å². The minimum Gasteiger partial charge on any atom is -0.497 e. The number of piperidine rings is 1. The zero-order valence-electron chi connectivity index (χ0n) is 18.8. The quantitative estimate of drug-likeness (QED) is 0.298. The van der Waals surface area contributed by atoms with Crippen LogP contribution < -0.4 is 20.1 Å². The highest BCUT2D eigenvalue weighted by molar-refractivity contribution is 14.0. The number of benzene rings is 2. The summed E-state index contributed by atoms with van der Waals surface area (Å²) >= 11 is 0. The van der Waals surface area contributed by atoms with Crippen molar-refractivity contribution in [3.8, 4) is 11.5 Å². The van der Waals surface area contributed by atoms with E-state index in [4.69, 9.17) is 9.47 Å². The number of para-hydroxylation sites is 1. The number of ether oxygens (including phenoxy) is 2. The number of guanidine groups is 1. The first-order valence-corrected chi connectivity index (χ1v) is 10.8. The lowest BCUT2D eigenvalue weighted by molar-refractivity contribution is -0.119. The summed E-state index contributed by atoms with van der Waals surface area (Å²) in [7, 11) is 1.63. The Morgan fingerprint density at radius 1 is 1.03 bits per heavy atom. The molecule has 0 unspecified atom stereocenters. The van der Waals surface area contributed by atoms with Gasteiger partial charge in [0.1, 0.15) is 24.1 Å². The third-order valence-corrected chi connectivity index (χ3v) is 5.14. The number of rotatable bonds is 8. The Kier molecular flexibility index (Phi) is 11.1. The van der Waals surface area contributed by atoms with Crippen molar-refractivity contribution in [3.63, 3.8) is 0 Å². The molecule has 1 saturated heterocycles. The van der Waals surface area contributed by atoms with Gasteiger partial charge in [0, 0.05) is 39.0 Å². The number of halogens is 1. The maximum Gasteiger partial charge on any atom is 0.242 e. The topological polar surface area (TPSA) is 75.2 Å². The highest BCUT2D eigenvalue weighted by Crippen LogP contribution is 2.18. The monoisotopic (exact) mass is 552 g/mol. The molecule has 32 heavy (non-hydrogen) atoms. The summed E-state index contributed by atoms with van der Waals surface area (Å²) in [6.07, 6.45) is 2.04. The van der Waals surface area contributed by atoms with E-state index in [9.17, 15) is 4.79 Å². The van der Waals surface area contributed by atoms with Gasteiger partial charge in [-0.3, -0.25) is 4.79 Å². The highest BCUT2D eigenvalue weighted by atomic mass is 127. The first-order valence-electron chi connectivity index (χ1n) is 10.8. The largest absolute Gasteiger partial charge is 0.497 e. The van der Waals surface area contributed by atoms with Crippen LogP contribution >= 0.6 is 24.0 Å². The zero-order valence-corrected chi connectivity index (χ0v) is 21.1. The third kappa shape index (κ3) is 8.22. The highest BCUT2D eigenvalue weighted by Gasteiger charge is 2.22. The Labute approximate surface area is 207 Å². The standard InChI is InChI=1S/C24H32N4O3.HI/c1-3-25-24(27-18-23(29)26-17-19-9-11-20(30-2)12-10-19)28-15-13-22(14-16-28)31-21-7-5-4-6-8-21;/h4-12,22H,3,13-18H2,1-2H3,(H,25,27)(H,26,29);1H. The second-order valence-corrected chi connectivity index (χ2v) is 7.41. The number of hydrogen-bond donors (Lipinski definition) is 2. The van der Waals surface area contributed by atoms with Crippen LogP contribution in [0.5, 0.6) is 11.5 Å². The van der Waals surface area contributed by atoms with Crippen molar-refractivity contribution < 1.29 is 14.3 Å².